The highest BCUT2D eigenvalue weighted by atomic mass is 32.2. The van der Waals surface area contributed by atoms with Gasteiger partial charge in [-0.05, 0) is 66.4 Å². The number of carbonyl (C=O) groups excluding carboxylic acids is 1. The first kappa shape index (κ1) is 23.5. The summed E-state index contributed by atoms with van der Waals surface area (Å²) in [6.45, 7) is 5.06. The highest BCUT2D eigenvalue weighted by molar-refractivity contribution is 7.89. The average molecular weight is 453 g/mol. The van der Waals surface area contributed by atoms with Gasteiger partial charge in [0.05, 0.1) is 11.5 Å². The molecule has 168 valence electrons. The van der Waals surface area contributed by atoms with Crippen LogP contribution in [0.2, 0.25) is 0 Å². The van der Waals surface area contributed by atoms with Gasteiger partial charge >= 0.3 is 0 Å². The van der Waals surface area contributed by atoms with Gasteiger partial charge in [0.15, 0.2) is 0 Å². The standard InChI is InChI=1S/C25H28N2O4S/c1-19(2)18-31-23-12-8-21(9-13-23)25(28)27-22-10-14-24(15-11-22)32(29,30)26-17-16-20-6-4-3-5-7-20/h3-15,19,26H,16-18H2,1-2H3,(H,27,28). The van der Waals surface area contributed by atoms with Crippen LogP contribution in [0.1, 0.15) is 29.8 Å². The van der Waals surface area contributed by atoms with Crippen molar-refractivity contribution >= 4 is 21.6 Å². The van der Waals surface area contributed by atoms with E-state index >= 15 is 0 Å². The first-order valence-electron chi connectivity index (χ1n) is 10.5. The molecule has 7 heteroatoms. The van der Waals surface area contributed by atoms with E-state index in [2.05, 4.69) is 23.9 Å². The smallest absolute Gasteiger partial charge is 0.255 e. The molecule has 0 aromatic heterocycles. The predicted octanol–water partition coefficient (Wildman–Crippen LogP) is 4.49. The lowest BCUT2D eigenvalue weighted by molar-refractivity contribution is 0.102. The van der Waals surface area contributed by atoms with Crippen LogP contribution in [0.5, 0.6) is 5.75 Å². The van der Waals surface area contributed by atoms with Gasteiger partial charge in [-0.25, -0.2) is 13.1 Å². The number of nitrogens with one attached hydrogen (secondary N) is 2. The maximum atomic E-state index is 12.5. The Morgan fingerprint density at radius 3 is 2.19 bits per heavy atom. The molecule has 0 unspecified atom stereocenters. The van der Waals surface area contributed by atoms with Crippen molar-refractivity contribution in [3.8, 4) is 5.75 Å². The van der Waals surface area contributed by atoms with E-state index in [1.165, 1.54) is 12.1 Å². The SMILES string of the molecule is CC(C)COc1ccc(C(=O)Nc2ccc(S(=O)(=O)NCCc3ccccc3)cc2)cc1. The Morgan fingerprint density at radius 1 is 0.906 bits per heavy atom. The van der Waals surface area contributed by atoms with Crippen LogP contribution in [0.4, 0.5) is 5.69 Å². The fourth-order valence-corrected chi connectivity index (χ4v) is 3.98. The van der Waals surface area contributed by atoms with Gasteiger partial charge in [0, 0.05) is 17.8 Å². The van der Waals surface area contributed by atoms with Gasteiger partial charge in [-0.3, -0.25) is 4.79 Å². The minimum atomic E-state index is -3.62. The molecule has 6 nitrogen and oxygen atoms in total. The molecule has 0 aliphatic heterocycles. The molecule has 1 amide bonds. The first-order valence-corrected chi connectivity index (χ1v) is 12.0. The lowest BCUT2D eigenvalue weighted by Crippen LogP contribution is -2.26. The minimum absolute atomic E-state index is 0.148. The maximum absolute atomic E-state index is 12.5. The van der Waals surface area contributed by atoms with Crippen molar-refractivity contribution in [2.45, 2.75) is 25.2 Å². The summed E-state index contributed by atoms with van der Waals surface area (Å²) < 4.78 is 33.2. The number of ether oxygens (including phenoxy) is 1. The van der Waals surface area contributed by atoms with Gasteiger partial charge in [-0.1, -0.05) is 44.2 Å². The normalized spacial score (nSPS) is 11.3. The van der Waals surface area contributed by atoms with Crippen LogP contribution in [-0.4, -0.2) is 27.5 Å². The van der Waals surface area contributed by atoms with Crippen molar-refractivity contribution in [1.29, 1.82) is 0 Å². The summed E-state index contributed by atoms with van der Waals surface area (Å²) in [6, 6.07) is 22.7. The molecule has 0 aliphatic carbocycles. The molecule has 0 atom stereocenters. The van der Waals surface area contributed by atoms with E-state index in [9.17, 15) is 13.2 Å². The molecule has 3 aromatic rings. The molecule has 3 rings (SSSR count). The van der Waals surface area contributed by atoms with Gasteiger partial charge in [-0.2, -0.15) is 0 Å². The Morgan fingerprint density at radius 2 is 1.56 bits per heavy atom. The van der Waals surface area contributed by atoms with Gasteiger partial charge in [0.2, 0.25) is 10.0 Å². The summed E-state index contributed by atoms with van der Waals surface area (Å²) in [5.41, 5.74) is 2.06. The van der Waals surface area contributed by atoms with Crippen molar-refractivity contribution < 1.29 is 17.9 Å². The number of rotatable bonds is 10. The van der Waals surface area contributed by atoms with Crippen LogP contribution in [0.3, 0.4) is 0 Å². The highest BCUT2D eigenvalue weighted by Gasteiger charge is 2.14. The molecule has 0 bridgehead atoms. The van der Waals surface area contributed by atoms with Crippen LogP contribution in [0, 0.1) is 5.92 Å². The summed E-state index contributed by atoms with van der Waals surface area (Å²) in [5.74, 6) is 0.852. The van der Waals surface area contributed by atoms with Crippen molar-refractivity contribution in [1.82, 2.24) is 4.72 Å². The molecular weight excluding hydrogens is 424 g/mol. The third-order valence-corrected chi connectivity index (χ3v) is 6.15. The van der Waals surface area contributed by atoms with Crippen molar-refractivity contribution in [3.63, 3.8) is 0 Å². The molecule has 3 aromatic carbocycles. The molecule has 32 heavy (non-hydrogen) atoms. The van der Waals surface area contributed by atoms with Gasteiger partial charge in [0.1, 0.15) is 5.75 Å². The van der Waals surface area contributed by atoms with E-state index in [1.54, 1.807) is 36.4 Å². The molecule has 2 N–H and O–H groups in total. The summed E-state index contributed by atoms with van der Waals surface area (Å²) >= 11 is 0. The van der Waals surface area contributed by atoms with Crippen molar-refractivity contribution in [2.75, 3.05) is 18.5 Å². The van der Waals surface area contributed by atoms with Crippen LogP contribution >= 0.6 is 0 Å². The second kappa shape index (κ2) is 10.9. The number of sulfonamides is 1. The zero-order chi connectivity index (χ0) is 23.0. The van der Waals surface area contributed by atoms with Crippen molar-refractivity contribution in [3.05, 3.63) is 90.0 Å². The molecule has 0 fully saturated rings. The molecule has 0 radical (unpaired) electrons. The summed E-state index contributed by atoms with van der Waals surface area (Å²) in [6.07, 6.45) is 0.607. The van der Waals surface area contributed by atoms with E-state index in [0.29, 0.717) is 42.5 Å². The number of carbonyl (C=O) groups is 1. The monoisotopic (exact) mass is 452 g/mol. The average Bonchev–Trinajstić information content (AvgIpc) is 2.79. The molecule has 0 heterocycles. The Kier molecular flexibility index (Phi) is 8.03. The number of benzene rings is 3. The Hall–Kier alpha value is -3.16. The summed E-state index contributed by atoms with van der Waals surface area (Å²) in [7, 11) is -3.62. The quantitative estimate of drug-likeness (QED) is 0.475. The molecule has 0 aliphatic rings. The fraction of sp³-hybridized carbons (Fsp3) is 0.240. The zero-order valence-electron chi connectivity index (χ0n) is 18.2. The third-order valence-electron chi connectivity index (χ3n) is 4.67. The number of hydrogen-bond acceptors (Lipinski definition) is 4. The second-order valence-corrected chi connectivity index (χ2v) is 9.61. The molecule has 0 saturated heterocycles. The topological polar surface area (TPSA) is 84.5 Å². The van der Waals surface area contributed by atoms with Gasteiger partial charge < -0.3 is 10.1 Å². The second-order valence-electron chi connectivity index (χ2n) is 7.84. The molecule has 0 spiro atoms. The highest BCUT2D eigenvalue weighted by Crippen LogP contribution is 2.17. The zero-order valence-corrected chi connectivity index (χ0v) is 19.1. The molecule has 0 saturated carbocycles. The first-order chi connectivity index (χ1) is 15.3. The van der Waals surface area contributed by atoms with Gasteiger partial charge in [-0.15, -0.1) is 0 Å². The maximum Gasteiger partial charge on any atom is 0.255 e. The largest absolute Gasteiger partial charge is 0.493 e. The summed E-state index contributed by atoms with van der Waals surface area (Å²) in [4.78, 5) is 12.6. The summed E-state index contributed by atoms with van der Waals surface area (Å²) in [5, 5.41) is 2.78. The van der Waals surface area contributed by atoms with E-state index in [0.717, 1.165) is 5.56 Å². The fourth-order valence-electron chi connectivity index (χ4n) is 2.94. The van der Waals surface area contributed by atoms with Crippen molar-refractivity contribution in [2.24, 2.45) is 5.92 Å². The number of amides is 1. The van der Waals surface area contributed by atoms with E-state index in [4.69, 9.17) is 4.74 Å². The lowest BCUT2D eigenvalue weighted by Gasteiger charge is -2.10. The predicted molar refractivity (Wildman–Crippen MR) is 127 cm³/mol. The lowest BCUT2D eigenvalue weighted by atomic mass is 10.2. The molecular formula is C25H28N2O4S. The van der Waals surface area contributed by atoms with E-state index in [-0.39, 0.29) is 10.8 Å². The Labute approximate surface area is 189 Å². The van der Waals surface area contributed by atoms with Crippen LogP contribution in [-0.2, 0) is 16.4 Å². The van der Waals surface area contributed by atoms with Crippen LogP contribution < -0.4 is 14.8 Å². The van der Waals surface area contributed by atoms with E-state index < -0.39 is 10.0 Å². The minimum Gasteiger partial charge on any atom is -0.493 e. The Balaban J connectivity index is 1.54. The third kappa shape index (κ3) is 6.93. The van der Waals surface area contributed by atoms with Crippen LogP contribution in [0.25, 0.3) is 0 Å². The number of hydrogen-bond donors (Lipinski definition) is 2. The van der Waals surface area contributed by atoms with Crippen LogP contribution in [0.15, 0.2) is 83.8 Å². The van der Waals surface area contributed by atoms with E-state index in [1.807, 2.05) is 30.3 Å². The Bertz CT molecular complexity index is 1110. The number of anilines is 1. The van der Waals surface area contributed by atoms with Gasteiger partial charge in [0.25, 0.3) is 5.91 Å².